The molecule has 0 fully saturated rings. The fraction of sp³-hybridized carbons (Fsp3) is 0.111. The smallest absolute Gasteiger partial charge is 0.261 e. The summed E-state index contributed by atoms with van der Waals surface area (Å²) in [6, 6.07) is 1.87. The topological polar surface area (TPSA) is 42.0 Å². The Hall–Kier alpha value is -0.940. The van der Waals surface area contributed by atoms with Crippen LogP contribution >= 0.6 is 27.3 Å². The Morgan fingerprint density at radius 2 is 2.36 bits per heavy atom. The summed E-state index contributed by atoms with van der Waals surface area (Å²) >= 11 is 4.83. The van der Waals surface area contributed by atoms with Gasteiger partial charge in [-0.15, -0.1) is 11.3 Å². The van der Waals surface area contributed by atoms with E-state index in [2.05, 4.69) is 26.2 Å². The number of hydrogen-bond acceptors (Lipinski definition) is 3. The van der Waals surface area contributed by atoms with Gasteiger partial charge in [0, 0.05) is 29.3 Å². The number of nitrogens with one attached hydrogen (secondary N) is 1. The van der Waals surface area contributed by atoms with E-state index < -0.39 is 0 Å². The maximum atomic E-state index is 11.4. The Labute approximate surface area is 93.3 Å². The second-order valence-corrected chi connectivity index (χ2v) is 4.66. The quantitative estimate of drug-likeness (QED) is 0.865. The highest BCUT2D eigenvalue weighted by Gasteiger charge is 2.09. The van der Waals surface area contributed by atoms with Gasteiger partial charge >= 0.3 is 0 Å². The molecule has 3 nitrogen and oxygen atoms in total. The number of nitrogens with zero attached hydrogens (tertiary/aromatic N) is 1. The van der Waals surface area contributed by atoms with Crippen LogP contribution in [0.4, 0.5) is 0 Å². The first kappa shape index (κ1) is 9.61. The Bertz CT molecular complexity index is 495. The third-order valence-corrected chi connectivity index (χ3v) is 3.55. The number of amides is 1. The van der Waals surface area contributed by atoms with E-state index >= 15 is 0 Å². The standard InChI is InChI=1S/C9H7BrN2OS/c1-11-9(13)7-2-5-6(10)3-12-4-8(5)14-7/h2-4H,1H3,(H,11,13). The average Bonchev–Trinajstić information content (AvgIpc) is 2.62. The third-order valence-electron chi connectivity index (χ3n) is 1.85. The van der Waals surface area contributed by atoms with Gasteiger partial charge in [-0.1, -0.05) is 0 Å². The van der Waals surface area contributed by atoms with Crippen molar-refractivity contribution in [1.29, 1.82) is 0 Å². The van der Waals surface area contributed by atoms with Crippen LogP contribution in [0.15, 0.2) is 22.9 Å². The molecule has 2 aromatic heterocycles. The van der Waals surface area contributed by atoms with Crippen molar-refractivity contribution in [3.8, 4) is 0 Å². The zero-order valence-electron chi connectivity index (χ0n) is 7.37. The maximum Gasteiger partial charge on any atom is 0.261 e. The van der Waals surface area contributed by atoms with Crippen LogP contribution in [0.3, 0.4) is 0 Å². The maximum absolute atomic E-state index is 11.4. The van der Waals surface area contributed by atoms with Gasteiger partial charge in [0.25, 0.3) is 5.91 Å². The molecule has 0 aliphatic carbocycles. The lowest BCUT2D eigenvalue weighted by Gasteiger charge is -1.91. The molecule has 0 radical (unpaired) electrons. The predicted molar refractivity (Wildman–Crippen MR) is 60.7 cm³/mol. The first-order valence-corrected chi connectivity index (χ1v) is 5.58. The molecule has 0 spiro atoms. The summed E-state index contributed by atoms with van der Waals surface area (Å²) < 4.78 is 1.93. The van der Waals surface area contributed by atoms with Crippen molar-refractivity contribution in [2.24, 2.45) is 0 Å². The van der Waals surface area contributed by atoms with Crippen molar-refractivity contribution < 1.29 is 4.79 Å². The molecule has 1 amide bonds. The largest absolute Gasteiger partial charge is 0.354 e. The van der Waals surface area contributed by atoms with Crippen LogP contribution in [-0.4, -0.2) is 17.9 Å². The van der Waals surface area contributed by atoms with Crippen molar-refractivity contribution >= 4 is 43.3 Å². The lowest BCUT2D eigenvalue weighted by molar-refractivity contribution is 0.0967. The van der Waals surface area contributed by atoms with Gasteiger partial charge in [-0.05, 0) is 22.0 Å². The van der Waals surface area contributed by atoms with E-state index in [0.29, 0.717) is 4.88 Å². The van der Waals surface area contributed by atoms with Gasteiger partial charge in [0.1, 0.15) is 0 Å². The molecule has 14 heavy (non-hydrogen) atoms. The van der Waals surface area contributed by atoms with Crippen molar-refractivity contribution in [2.45, 2.75) is 0 Å². The van der Waals surface area contributed by atoms with Crippen molar-refractivity contribution in [3.63, 3.8) is 0 Å². The average molecular weight is 271 g/mol. The molecular weight excluding hydrogens is 264 g/mol. The van der Waals surface area contributed by atoms with Crippen LogP contribution in [0.2, 0.25) is 0 Å². The lowest BCUT2D eigenvalue weighted by Crippen LogP contribution is -2.15. The molecule has 0 saturated carbocycles. The minimum absolute atomic E-state index is 0.0573. The molecule has 2 rings (SSSR count). The van der Waals surface area contributed by atoms with E-state index in [1.807, 2.05) is 6.07 Å². The van der Waals surface area contributed by atoms with Gasteiger partial charge in [-0.2, -0.15) is 0 Å². The van der Waals surface area contributed by atoms with Crippen LogP contribution in [0, 0.1) is 0 Å². The first-order valence-electron chi connectivity index (χ1n) is 3.97. The zero-order valence-corrected chi connectivity index (χ0v) is 9.78. The van der Waals surface area contributed by atoms with E-state index in [0.717, 1.165) is 14.6 Å². The molecule has 0 saturated heterocycles. The molecule has 2 heterocycles. The normalized spacial score (nSPS) is 10.4. The van der Waals surface area contributed by atoms with E-state index in [1.165, 1.54) is 11.3 Å². The highest BCUT2D eigenvalue weighted by atomic mass is 79.9. The summed E-state index contributed by atoms with van der Waals surface area (Å²) in [6.07, 6.45) is 3.49. The number of aromatic nitrogens is 1. The Morgan fingerprint density at radius 1 is 1.57 bits per heavy atom. The fourth-order valence-electron chi connectivity index (χ4n) is 1.16. The molecule has 0 aromatic carbocycles. The summed E-state index contributed by atoms with van der Waals surface area (Å²) in [4.78, 5) is 16.1. The van der Waals surface area contributed by atoms with Crippen LogP contribution in [-0.2, 0) is 0 Å². The Morgan fingerprint density at radius 3 is 3.00 bits per heavy atom. The van der Waals surface area contributed by atoms with E-state index in [-0.39, 0.29) is 5.91 Å². The molecule has 2 aromatic rings. The SMILES string of the molecule is CNC(=O)c1cc2c(Br)cncc2s1. The van der Waals surface area contributed by atoms with E-state index in [4.69, 9.17) is 0 Å². The first-order chi connectivity index (χ1) is 6.72. The Balaban J connectivity index is 2.62. The van der Waals surface area contributed by atoms with Gasteiger partial charge in [0.15, 0.2) is 0 Å². The Kier molecular flexibility index (Phi) is 2.52. The molecular formula is C9H7BrN2OS. The lowest BCUT2D eigenvalue weighted by atomic mass is 10.3. The van der Waals surface area contributed by atoms with Gasteiger partial charge < -0.3 is 5.32 Å². The number of carbonyl (C=O) groups excluding carboxylic acids is 1. The molecule has 1 N–H and O–H groups in total. The summed E-state index contributed by atoms with van der Waals surface area (Å²) in [5.41, 5.74) is 0. The summed E-state index contributed by atoms with van der Waals surface area (Å²) in [7, 11) is 1.63. The van der Waals surface area contributed by atoms with Gasteiger partial charge in [-0.3, -0.25) is 9.78 Å². The molecule has 0 unspecified atom stereocenters. The summed E-state index contributed by atoms with van der Waals surface area (Å²) in [5, 5.41) is 3.63. The monoisotopic (exact) mass is 270 g/mol. The fourth-order valence-corrected chi connectivity index (χ4v) is 2.74. The van der Waals surface area contributed by atoms with E-state index in [9.17, 15) is 4.79 Å². The highest BCUT2D eigenvalue weighted by molar-refractivity contribution is 9.10. The van der Waals surface area contributed by atoms with Crippen molar-refractivity contribution in [3.05, 3.63) is 27.8 Å². The van der Waals surface area contributed by atoms with Crippen LogP contribution in [0.5, 0.6) is 0 Å². The summed E-state index contributed by atoms with van der Waals surface area (Å²) in [5.74, 6) is -0.0573. The minimum Gasteiger partial charge on any atom is -0.354 e. The summed E-state index contributed by atoms with van der Waals surface area (Å²) in [6.45, 7) is 0. The molecule has 0 aliphatic heterocycles. The molecule has 5 heteroatoms. The molecule has 0 aliphatic rings. The van der Waals surface area contributed by atoms with Crippen molar-refractivity contribution in [2.75, 3.05) is 7.05 Å². The van der Waals surface area contributed by atoms with Gasteiger partial charge in [0.2, 0.25) is 0 Å². The second-order valence-electron chi connectivity index (χ2n) is 2.72. The van der Waals surface area contributed by atoms with Crippen LogP contribution in [0.1, 0.15) is 9.67 Å². The molecule has 0 bridgehead atoms. The predicted octanol–water partition coefficient (Wildman–Crippen LogP) is 2.42. The van der Waals surface area contributed by atoms with Crippen LogP contribution < -0.4 is 5.32 Å². The number of thiophene rings is 1. The number of pyridine rings is 1. The van der Waals surface area contributed by atoms with Gasteiger partial charge in [0.05, 0.1) is 9.58 Å². The zero-order chi connectivity index (χ0) is 10.1. The number of rotatable bonds is 1. The number of halogens is 1. The third kappa shape index (κ3) is 1.53. The molecule has 72 valence electrons. The second kappa shape index (κ2) is 3.67. The van der Waals surface area contributed by atoms with Crippen molar-refractivity contribution in [1.82, 2.24) is 10.3 Å². The number of hydrogen-bond donors (Lipinski definition) is 1. The number of carbonyl (C=O) groups is 1. The highest BCUT2D eigenvalue weighted by Crippen LogP contribution is 2.30. The van der Waals surface area contributed by atoms with Gasteiger partial charge in [-0.25, -0.2) is 0 Å². The van der Waals surface area contributed by atoms with E-state index in [1.54, 1.807) is 19.4 Å². The number of fused-ring (bicyclic) bond motifs is 1. The minimum atomic E-state index is -0.0573. The van der Waals surface area contributed by atoms with Crippen LogP contribution in [0.25, 0.3) is 10.1 Å². The molecule has 0 atom stereocenters.